The summed E-state index contributed by atoms with van der Waals surface area (Å²) in [5.74, 6) is 1.53. The number of ether oxygens (including phenoxy) is 3. The van der Waals surface area contributed by atoms with E-state index in [0.29, 0.717) is 0 Å². The number of hydrogen-bond donors (Lipinski definition) is 1. The third-order valence-corrected chi connectivity index (χ3v) is 3.12. The first-order chi connectivity index (χ1) is 9.71. The Labute approximate surface area is 121 Å². The summed E-state index contributed by atoms with van der Waals surface area (Å²) in [6, 6.07) is 5.98. The molecule has 0 heterocycles. The van der Waals surface area contributed by atoms with Crippen LogP contribution >= 0.6 is 0 Å². The van der Waals surface area contributed by atoms with Gasteiger partial charge in [-0.2, -0.15) is 0 Å². The number of likely N-dealkylation sites (N-methyl/N-ethyl adjacent to an activating group) is 1. The van der Waals surface area contributed by atoms with E-state index in [2.05, 4.69) is 17.3 Å². The van der Waals surface area contributed by atoms with Crippen LogP contribution in [0.25, 0.3) is 0 Å². The molecule has 0 fully saturated rings. The van der Waals surface area contributed by atoms with Crippen molar-refractivity contribution in [2.24, 2.45) is 0 Å². The molecule has 114 valence electrons. The number of rotatable bonds is 10. The van der Waals surface area contributed by atoms with Crippen LogP contribution in [0.3, 0.4) is 0 Å². The van der Waals surface area contributed by atoms with Gasteiger partial charge in [-0.1, -0.05) is 6.07 Å². The highest BCUT2D eigenvalue weighted by Crippen LogP contribution is 2.27. The van der Waals surface area contributed by atoms with E-state index in [1.807, 2.05) is 18.2 Å². The highest BCUT2D eigenvalue weighted by atomic mass is 16.5. The topological polar surface area (TPSA) is 43.0 Å². The van der Waals surface area contributed by atoms with Crippen molar-refractivity contribution >= 4 is 0 Å². The maximum absolute atomic E-state index is 5.29. The summed E-state index contributed by atoms with van der Waals surface area (Å²) in [6.45, 7) is 4.48. The van der Waals surface area contributed by atoms with E-state index in [-0.39, 0.29) is 0 Å². The fraction of sp³-hybridized carbons (Fsp3) is 0.600. The van der Waals surface area contributed by atoms with Crippen molar-refractivity contribution in [1.82, 2.24) is 10.2 Å². The van der Waals surface area contributed by atoms with Gasteiger partial charge in [-0.25, -0.2) is 0 Å². The van der Waals surface area contributed by atoms with Crippen LogP contribution in [0, 0.1) is 0 Å². The van der Waals surface area contributed by atoms with Crippen molar-refractivity contribution in [3.8, 4) is 11.5 Å². The van der Waals surface area contributed by atoms with Gasteiger partial charge >= 0.3 is 0 Å². The summed E-state index contributed by atoms with van der Waals surface area (Å²) in [5.41, 5.74) is 1.18. The zero-order valence-corrected chi connectivity index (χ0v) is 12.9. The standard InChI is InChI=1S/C15H26N2O3/c1-17(9-10-18-2)8-7-16-12-13-5-6-14(19-3)15(11-13)20-4/h5-6,11,16H,7-10,12H2,1-4H3. The largest absolute Gasteiger partial charge is 0.493 e. The molecule has 0 saturated carbocycles. The maximum Gasteiger partial charge on any atom is 0.161 e. The van der Waals surface area contributed by atoms with Crippen LogP contribution in [0.5, 0.6) is 11.5 Å². The van der Waals surface area contributed by atoms with Gasteiger partial charge in [0.05, 0.1) is 20.8 Å². The molecule has 5 heteroatoms. The molecular formula is C15H26N2O3. The van der Waals surface area contributed by atoms with Crippen LogP contribution in [0.4, 0.5) is 0 Å². The molecule has 0 saturated heterocycles. The predicted octanol–water partition coefficient (Wildman–Crippen LogP) is 1.37. The molecule has 20 heavy (non-hydrogen) atoms. The van der Waals surface area contributed by atoms with Gasteiger partial charge in [-0.05, 0) is 24.7 Å². The molecule has 0 spiro atoms. The minimum absolute atomic E-state index is 0.760. The van der Waals surface area contributed by atoms with Gasteiger partial charge in [-0.3, -0.25) is 0 Å². The minimum Gasteiger partial charge on any atom is -0.493 e. The Kier molecular flexibility index (Phi) is 8.02. The second-order valence-corrected chi connectivity index (χ2v) is 4.66. The molecule has 1 aromatic carbocycles. The molecule has 5 nitrogen and oxygen atoms in total. The summed E-state index contributed by atoms with van der Waals surface area (Å²) < 4.78 is 15.6. The van der Waals surface area contributed by atoms with Gasteiger partial charge in [-0.15, -0.1) is 0 Å². The van der Waals surface area contributed by atoms with E-state index in [1.165, 1.54) is 5.56 Å². The summed E-state index contributed by atoms with van der Waals surface area (Å²) >= 11 is 0. The quantitative estimate of drug-likeness (QED) is 0.657. The van der Waals surface area contributed by atoms with Crippen molar-refractivity contribution in [1.29, 1.82) is 0 Å². The third kappa shape index (κ3) is 5.77. The molecule has 0 unspecified atom stereocenters. The van der Waals surface area contributed by atoms with Gasteiger partial charge in [0.15, 0.2) is 11.5 Å². The average Bonchev–Trinajstić information content (AvgIpc) is 2.49. The molecule has 0 amide bonds. The van der Waals surface area contributed by atoms with E-state index in [9.17, 15) is 0 Å². The summed E-state index contributed by atoms with van der Waals surface area (Å²) in [7, 11) is 7.12. The molecule has 0 bridgehead atoms. The smallest absolute Gasteiger partial charge is 0.161 e. The van der Waals surface area contributed by atoms with Gasteiger partial charge in [0, 0.05) is 33.3 Å². The molecule has 0 aliphatic carbocycles. The normalized spacial score (nSPS) is 10.8. The first-order valence-corrected chi connectivity index (χ1v) is 6.80. The second-order valence-electron chi connectivity index (χ2n) is 4.66. The third-order valence-electron chi connectivity index (χ3n) is 3.12. The molecule has 1 rings (SSSR count). The van der Waals surface area contributed by atoms with Crippen LogP contribution in [-0.4, -0.2) is 59.5 Å². The van der Waals surface area contributed by atoms with Gasteiger partial charge in [0.2, 0.25) is 0 Å². The summed E-state index contributed by atoms with van der Waals surface area (Å²) in [5, 5.41) is 3.42. The molecule has 0 aliphatic rings. The Balaban J connectivity index is 2.31. The average molecular weight is 282 g/mol. The molecule has 0 aliphatic heterocycles. The number of benzene rings is 1. The van der Waals surface area contributed by atoms with Gasteiger partial charge < -0.3 is 24.4 Å². The Hall–Kier alpha value is -1.30. The first kappa shape index (κ1) is 16.8. The Bertz CT molecular complexity index is 385. The van der Waals surface area contributed by atoms with Crippen molar-refractivity contribution in [2.75, 3.05) is 54.6 Å². The van der Waals surface area contributed by atoms with E-state index < -0.39 is 0 Å². The van der Waals surface area contributed by atoms with Crippen molar-refractivity contribution < 1.29 is 14.2 Å². The van der Waals surface area contributed by atoms with Crippen LogP contribution in [0.2, 0.25) is 0 Å². The molecular weight excluding hydrogens is 256 g/mol. The number of nitrogens with one attached hydrogen (secondary N) is 1. The molecule has 1 N–H and O–H groups in total. The van der Waals surface area contributed by atoms with Crippen molar-refractivity contribution in [2.45, 2.75) is 6.54 Å². The second kappa shape index (κ2) is 9.58. The maximum atomic E-state index is 5.29. The van der Waals surface area contributed by atoms with Crippen LogP contribution in [0.15, 0.2) is 18.2 Å². The lowest BCUT2D eigenvalue weighted by atomic mass is 10.2. The highest BCUT2D eigenvalue weighted by Gasteiger charge is 2.04. The lowest BCUT2D eigenvalue weighted by molar-refractivity contribution is 0.161. The van der Waals surface area contributed by atoms with Crippen molar-refractivity contribution in [3.63, 3.8) is 0 Å². The molecule has 0 atom stereocenters. The lowest BCUT2D eigenvalue weighted by Crippen LogP contribution is -2.31. The fourth-order valence-electron chi connectivity index (χ4n) is 1.85. The zero-order chi connectivity index (χ0) is 14.8. The van der Waals surface area contributed by atoms with Crippen LogP contribution in [-0.2, 0) is 11.3 Å². The van der Waals surface area contributed by atoms with Gasteiger partial charge in [0.1, 0.15) is 0 Å². The number of hydrogen-bond acceptors (Lipinski definition) is 5. The molecule has 0 aromatic heterocycles. The number of nitrogens with zero attached hydrogens (tertiary/aromatic N) is 1. The van der Waals surface area contributed by atoms with E-state index in [1.54, 1.807) is 21.3 Å². The van der Waals surface area contributed by atoms with E-state index in [4.69, 9.17) is 14.2 Å². The minimum atomic E-state index is 0.760. The highest BCUT2D eigenvalue weighted by molar-refractivity contribution is 5.42. The Morgan fingerprint density at radius 3 is 2.45 bits per heavy atom. The predicted molar refractivity (Wildman–Crippen MR) is 80.6 cm³/mol. The molecule has 0 radical (unpaired) electrons. The SMILES string of the molecule is COCCN(C)CCNCc1ccc(OC)c(OC)c1. The lowest BCUT2D eigenvalue weighted by Gasteiger charge is -2.16. The zero-order valence-electron chi connectivity index (χ0n) is 12.9. The molecule has 1 aromatic rings. The fourth-order valence-corrected chi connectivity index (χ4v) is 1.85. The number of methoxy groups -OCH3 is 3. The van der Waals surface area contributed by atoms with Crippen molar-refractivity contribution in [3.05, 3.63) is 23.8 Å². The van der Waals surface area contributed by atoms with Crippen LogP contribution in [0.1, 0.15) is 5.56 Å². The van der Waals surface area contributed by atoms with Gasteiger partial charge in [0.25, 0.3) is 0 Å². The monoisotopic (exact) mass is 282 g/mol. The summed E-state index contributed by atoms with van der Waals surface area (Å²) in [4.78, 5) is 2.24. The van der Waals surface area contributed by atoms with E-state index >= 15 is 0 Å². The van der Waals surface area contributed by atoms with Crippen LogP contribution < -0.4 is 14.8 Å². The van der Waals surface area contributed by atoms with E-state index in [0.717, 1.165) is 44.3 Å². The Morgan fingerprint density at radius 1 is 1.05 bits per heavy atom. The summed E-state index contributed by atoms with van der Waals surface area (Å²) in [6.07, 6.45) is 0. The first-order valence-electron chi connectivity index (χ1n) is 6.80. The Morgan fingerprint density at radius 2 is 1.80 bits per heavy atom.